The summed E-state index contributed by atoms with van der Waals surface area (Å²) in [5.74, 6) is 2.57. The average molecular weight is 406 g/mol. The minimum atomic E-state index is 0.255. The van der Waals surface area contributed by atoms with Crippen LogP contribution in [0.15, 0.2) is 42.7 Å². The lowest BCUT2D eigenvalue weighted by Crippen LogP contribution is -2.08. The zero-order valence-electron chi connectivity index (χ0n) is 15.6. The minimum Gasteiger partial charge on any atom is -0.454 e. The molecule has 0 fully saturated rings. The molecular formula is C20H18N6O2S. The SMILES string of the molecule is Cc1ccc2nc(Nc3ncnc(NCc4ccc5c(c4)OCO5)c3N)sc2c1. The number of fused-ring (bicyclic) bond motifs is 2. The molecule has 5 rings (SSSR count). The molecule has 4 N–H and O–H groups in total. The van der Waals surface area contributed by atoms with Crippen molar-refractivity contribution in [1.82, 2.24) is 15.0 Å². The topological polar surface area (TPSA) is 107 Å². The number of hydrogen-bond acceptors (Lipinski definition) is 9. The first kappa shape index (κ1) is 17.5. The van der Waals surface area contributed by atoms with Gasteiger partial charge in [-0.25, -0.2) is 15.0 Å². The van der Waals surface area contributed by atoms with Crippen molar-refractivity contribution in [3.63, 3.8) is 0 Å². The van der Waals surface area contributed by atoms with E-state index in [0.29, 0.717) is 23.9 Å². The predicted octanol–water partition coefficient (Wildman–Crippen LogP) is 4.06. The summed E-state index contributed by atoms with van der Waals surface area (Å²) in [5, 5.41) is 7.19. The van der Waals surface area contributed by atoms with Crippen LogP contribution in [0.25, 0.3) is 10.2 Å². The Kier molecular flexibility index (Phi) is 4.28. The fraction of sp³-hybridized carbons (Fsp3) is 0.150. The minimum absolute atomic E-state index is 0.255. The second-order valence-corrected chi connectivity index (χ2v) is 7.67. The number of nitrogens with two attached hydrogens (primary N) is 1. The van der Waals surface area contributed by atoms with Crippen LogP contribution in [0.2, 0.25) is 0 Å². The van der Waals surface area contributed by atoms with Crippen molar-refractivity contribution in [2.24, 2.45) is 0 Å². The van der Waals surface area contributed by atoms with Crippen molar-refractivity contribution in [2.45, 2.75) is 13.5 Å². The van der Waals surface area contributed by atoms with Gasteiger partial charge in [-0.3, -0.25) is 0 Å². The number of nitrogen functional groups attached to an aromatic ring is 1. The number of benzene rings is 2. The largest absolute Gasteiger partial charge is 0.454 e. The van der Waals surface area contributed by atoms with Crippen LogP contribution < -0.4 is 25.8 Å². The maximum Gasteiger partial charge on any atom is 0.231 e. The highest BCUT2D eigenvalue weighted by Crippen LogP contribution is 2.34. The molecule has 146 valence electrons. The van der Waals surface area contributed by atoms with Gasteiger partial charge in [0.25, 0.3) is 0 Å². The van der Waals surface area contributed by atoms with Crippen molar-refractivity contribution < 1.29 is 9.47 Å². The van der Waals surface area contributed by atoms with Gasteiger partial charge in [0.15, 0.2) is 28.3 Å². The van der Waals surface area contributed by atoms with Crippen LogP contribution in [0.4, 0.5) is 22.5 Å². The molecule has 1 aliphatic heterocycles. The Morgan fingerprint density at radius 1 is 1.07 bits per heavy atom. The third kappa shape index (κ3) is 3.47. The highest BCUT2D eigenvalue weighted by Gasteiger charge is 2.14. The van der Waals surface area contributed by atoms with E-state index in [0.717, 1.165) is 32.4 Å². The van der Waals surface area contributed by atoms with E-state index < -0.39 is 0 Å². The zero-order valence-corrected chi connectivity index (χ0v) is 16.4. The van der Waals surface area contributed by atoms with E-state index in [9.17, 15) is 0 Å². The van der Waals surface area contributed by atoms with E-state index in [-0.39, 0.29) is 6.79 Å². The molecule has 0 bridgehead atoms. The molecule has 2 aromatic heterocycles. The molecule has 0 saturated carbocycles. The first-order valence-electron chi connectivity index (χ1n) is 9.03. The summed E-state index contributed by atoms with van der Waals surface area (Å²) in [7, 11) is 0. The van der Waals surface area contributed by atoms with Gasteiger partial charge in [-0.2, -0.15) is 0 Å². The number of anilines is 4. The Morgan fingerprint density at radius 2 is 1.93 bits per heavy atom. The molecule has 2 aromatic carbocycles. The van der Waals surface area contributed by atoms with Gasteiger partial charge in [0.2, 0.25) is 6.79 Å². The number of aryl methyl sites for hydroxylation is 1. The molecule has 9 heteroatoms. The Bertz CT molecular complexity index is 1210. The van der Waals surface area contributed by atoms with Gasteiger partial charge in [-0.1, -0.05) is 23.5 Å². The molecule has 0 aliphatic carbocycles. The molecule has 0 atom stereocenters. The summed E-state index contributed by atoms with van der Waals surface area (Å²) in [4.78, 5) is 13.1. The van der Waals surface area contributed by atoms with Crippen LogP contribution in [-0.2, 0) is 6.54 Å². The summed E-state index contributed by atoms with van der Waals surface area (Å²) < 4.78 is 11.9. The van der Waals surface area contributed by atoms with Crippen molar-refractivity contribution in [1.29, 1.82) is 0 Å². The number of thiazole rings is 1. The summed E-state index contributed by atoms with van der Waals surface area (Å²) >= 11 is 1.56. The zero-order chi connectivity index (χ0) is 19.8. The van der Waals surface area contributed by atoms with Gasteiger partial charge in [0, 0.05) is 6.54 Å². The Balaban J connectivity index is 1.33. The first-order valence-corrected chi connectivity index (χ1v) is 9.84. The lowest BCUT2D eigenvalue weighted by atomic mass is 10.2. The van der Waals surface area contributed by atoms with Gasteiger partial charge in [0.1, 0.15) is 12.0 Å². The van der Waals surface area contributed by atoms with E-state index in [4.69, 9.17) is 15.2 Å². The molecule has 29 heavy (non-hydrogen) atoms. The lowest BCUT2D eigenvalue weighted by molar-refractivity contribution is 0.174. The third-order valence-corrected chi connectivity index (χ3v) is 5.48. The maximum absolute atomic E-state index is 6.29. The molecule has 8 nitrogen and oxygen atoms in total. The summed E-state index contributed by atoms with van der Waals surface area (Å²) in [5.41, 5.74) is 9.89. The molecular weight excluding hydrogens is 388 g/mol. The molecule has 0 radical (unpaired) electrons. The predicted molar refractivity (Wildman–Crippen MR) is 114 cm³/mol. The standard InChI is InChI=1S/C20H18N6O2S/c1-11-2-4-13-16(6-11)29-20(25-13)26-19-17(21)18(23-9-24-19)22-8-12-3-5-14-15(7-12)28-10-27-14/h2-7,9H,8,10,21H2,1H3,(H2,22,23,24,25,26). The molecule has 3 heterocycles. The van der Waals surface area contributed by atoms with Crippen LogP contribution in [-0.4, -0.2) is 21.7 Å². The molecule has 4 aromatic rings. The van der Waals surface area contributed by atoms with Gasteiger partial charge >= 0.3 is 0 Å². The highest BCUT2D eigenvalue weighted by atomic mass is 32.1. The molecule has 0 spiro atoms. The molecule has 0 amide bonds. The Labute approximate surface area is 170 Å². The van der Waals surface area contributed by atoms with Crippen molar-refractivity contribution in [3.05, 3.63) is 53.9 Å². The maximum atomic E-state index is 6.29. The summed E-state index contributed by atoms with van der Waals surface area (Å²) in [6.07, 6.45) is 1.47. The summed E-state index contributed by atoms with van der Waals surface area (Å²) in [6, 6.07) is 12.0. The quantitative estimate of drug-likeness (QED) is 0.455. The van der Waals surface area contributed by atoms with Crippen LogP contribution in [0, 0.1) is 6.92 Å². The van der Waals surface area contributed by atoms with Gasteiger partial charge in [0.05, 0.1) is 10.2 Å². The first-order chi connectivity index (χ1) is 14.2. The lowest BCUT2D eigenvalue weighted by Gasteiger charge is -2.11. The van der Waals surface area contributed by atoms with Crippen molar-refractivity contribution in [2.75, 3.05) is 23.2 Å². The third-order valence-electron chi connectivity index (χ3n) is 4.55. The average Bonchev–Trinajstić information content (AvgIpc) is 3.34. The summed E-state index contributed by atoms with van der Waals surface area (Å²) in [6.45, 7) is 2.86. The van der Waals surface area contributed by atoms with Crippen LogP contribution >= 0.6 is 11.3 Å². The Morgan fingerprint density at radius 3 is 2.86 bits per heavy atom. The molecule has 1 aliphatic rings. The number of hydrogen-bond donors (Lipinski definition) is 3. The Hall–Kier alpha value is -3.59. The van der Waals surface area contributed by atoms with Crippen molar-refractivity contribution >= 4 is 44.0 Å². The number of aromatic nitrogens is 3. The highest BCUT2D eigenvalue weighted by molar-refractivity contribution is 7.22. The van der Waals surface area contributed by atoms with E-state index in [1.807, 2.05) is 30.3 Å². The van der Waals surface area contributed by atoms with E-state index >= 15 is 0 Å². The van der Waals surface area contributed by atoms with Gasteiger partial charge < -0.3 is 25.8 Å². The van der Waals surface area contributed by atoms with E-state index in [1.165, 1.54) is 11.9 Å². The van der Waals surface area contributed by atoms with E-state index in [1.54, 1.807) is 11.3 Å². The number of ether oxygens (including phenoxy) is 2. The second-order valence-electron chi connectivity index (χ2n) is 6.64. The fourth-order valence-corrected chi connectivity index (χ4v) is 4.02. The van der Waals surface area contributed by atoms with Crippen LogP contribution in [0.5, 0.6) is 11.5 Å². The molecule has 0 unspecified atom stereocenters. The van der Waals surface area contributed by atoms with Gasteiger partial charge in [-0.05, 0) is 42.3 Å². The van der Waals surface area contributed by atoms with Gasteiger partial charge in [-0.15, -0.1) is 0 Å². The second kappa shape index (κ2) is 7.10. The van der Waals surface area contributed by atoms with Crippen LogP contribution in [0.1, 0.15) is 11.1 Å². The molecule has 0 saturated heterocycles. The number of nitrogens with zero attached hydrogens (tertiary/aromatic N) is 3. The number of nitrogens with one attached hydrogen (secondary N) is 2. The van der Waals surface area contributed by atoms with E-state index in [2.05, 4.69) is 38.6 Å². The normalized spacial score (nSPS) is 12.3. The number of rotatable bonds is 5. The fourth-order valence-electron chi connectivity index (χ4n) is 3.06. The smallest absolute Gasteiger partial charge is 0.231 e. The monoisotopic (exact) mass is 406 g/mol. The van der Waals surface area contributed by atoms with Crippen LogP contribution in [0.3, 0.4) is 0 Å². The van der Waals surface area contributed by atoms with Crippen molar-refractivity contribution in [3.8, 4) is 11.5 Å².